The number of carbonyl (C=O) groups is 1. The summed E-state index contributed by atoms with van der Waals surface area (Å²) in [6, 6.07) is 13.0. The van der Waals surface area contributed by atoms with Crippen LogP contribution < -0.4 is 19.3 Å². The van der Waals surface area contributed by atoms with Crippen LogP contribution in [0.3, 0.4) is 0 Å². The third kappa shape index (κ3) is 4.77. The van der Waals surface area contributed by atoms with E-state index in [-0.39, 0.29) is 12.5 Å². The van der Waals surface area contributed by atoms with E-state index in [1.165, 1.54) is 4.31 Å². The second-order valence-electron chi connectivity index (χ2n) is 8.20. The quantitative estimate of drug-likeness (QED) is 0.776. The molecule has 4 rings (SSSR count). The first kappa shape index (κ1) is 21.5. The van der Waals surface area contributed by atoms with Crippen LogP contribution in [0.5, 0.6) is 5.75 Å². The number of aryl methyl sites for hydroxylation is 1. The molecule has 2 heterocycles. The monoisotopic (exact) mass is 444 g/mol. The van der Waals surface area contributed by atoms with Crippen LogP contribution in [0.2, 0.25) is 0 Å². The lowest BCUT2D eigenvalue weighted by molar-refractivity contribution is -0.122. The topological polar surface area (TPSA) is 82.2 Å². The van der Waals surface area contributed by atoms with Gasteiger partial charge in [-0.1, -0.05) is 6.07 Å². The second-order valence-corrected chi connectivity index (χ2v) is 10.1. The minimum atomic E-state index is -3.55. The summed E-state index contributed by atoms with van der Waals surface area (Å²) in [5, 5.41) is 2.85. The molecule has 2 aliphatic heterocycles. The maximum absolute atomic E-state index is 12.9. The summed E-state index contributed by atoms with van der Waals surface area (Å²) in [5.41, 5.74) is 3.14. The number of fused-ring (bicyclic) bond motifs is 1. The van der Waals surface area contributed by atoms with Gasteiger partial charge in [-0.15, -0.1) is 0 Å². The maximum atomic E-state index is 12.9. The number of nitrogens with zero attached hydrogens (tertiary/aromatic N) is 3. The third-order valence-corrected chi connectivity index (χ3v) is 6.83. The van der Waals surface area contributed by atoms with E-state index in [2.05, 4.69) is 22.2 Å². The molecule has 2 aromatic carbocycles. The predicted octanol–water partition coefficient (Wildman–Crippen LogP) is 1.91. The van der Waals surface area contributed by atoms with Crippen LogP contribution in [0.25, 0.3) is 0 Å². The Labute approximate surface area is 183 Å². The van der Waals surface area contributed by atoms with Crippen LogP contribution in [0.1, 0.15) is 5.56 Å². The molecule has 1 atom stereocenters. The lowest BCUT2D eigenvalue weighted by Gasteiger charge is -2.34. The van der Waals surface area contributed by atoms with Crippen molar-refractivity contribution in [3.8, 4) is 5.75 Å². The van der Waals surface area contributed by atoms with Crippen LogP contribution >= 0.6 is 0 Å². The smallest absolute Gasteiger partial charge is 0.267 e. The molecule has 166 valence electrons. The standard InChI is InChI=1S/C22H28N4O4S/c1-16-4-9-20-19(14-16)26(31(3,28)29)15-21(30-20)22(27)23-17-5-7-18(8-6-17)25-12-10-24(2)11-13-25/h4-9,14,21H,10-13,15H2,1-3H3,(H,23,27)/t21-/m0/s1. The van der Waals surface area contributed by atoms with E-state index in [4.69, 9.17) is 4.74 Å². The van der Waals surface area contributed by atoms with Gasteiger partial charge in [-0.2, -0.15) is 0 Å². The number of likely N-dealkylation sites (N-methyl/N-ethyl adjacent to an activating group) is 1. The largest absolute Gasteiger partial charge is 0.476 e. The molecule has 1 amide bonds. The van der Waals surface area contributed by atoms with Crippen molar-refractivity contribution in [1.82, 2.24) is 4.90 Å². The minimum absolute atomic E-state index is 0.0689. The van der Waals surface area contributed by atoms with Gasteiger partial charge in [0.1, 0.15) is 5.75 Å². The summed E-state index contributed by atoms with van der Waals surface area (Å²) in [7, 11) is -1.43. The van der Waals surface area contributed by atoms with Gasteiger partial charge in [0.15, 0.2) is 6.10 Å². The van der Waals surface area contributed by atoms with E-state index in [1.807, 2.05) is 37.3 Å². The molecular formula is C22H28N4O4S. The number of nitrogens with one attached hydrogen (secondary N) is 1. The molecule has 8 nitrogen and oxygen atoms in total. The van der Waals surface area contributed by atoms with Crippen LogP contribution in [0, 0.1) is 6.92 Å². The van der Waals surface area contributed by atoms with Crippen molar-refractivity contribution in [1.29, 1.82) is 0 Å². The normalized spacial score (nSPS) is 19.5. The first-order chi connectivity index (χ1) is 14.7. The molecule has 1 N–H and O–H groups in total. The highest BCUT2D eigenvalue weighted by Crippen LogP contribution is 2.36. The highest BCUT2D eigenvalue weighted by Gasteiger charge is 2.35. The van der Waals surface area contributed by atoms with Gasteiger partial charge in [-0.3, -0.25) is 9.10 Å². The van der Waals surface area contributed by atoms with Crippen LogP contribution in [-0.4, -0.2) is 71.4 Å². The van der Waals surface area contributed by atoms with Crippen molar-refractivity contribution in [2.75, 3.05) is 60.5 Å². The molecule has 1 saturated heterocycles. The fourth-order valence-corrected chi connectivity index (χ4v) is 4.76. The Kier molecular flexibility index (Phi) is 5.81. The molecule has 0 unspecified atom stereocenters. The molecule has 2 aliphatic rings. The summed E-state index contributed by atoms with van der Waals surface area (Å²) in [5.74, 6) is 0.0000571. The number of piperazine rings is 1. The number of carbonyl (C=O) groups excluding carboxylic acids is 1. The van der Waals surface area contributed by atoms with E-state index < -0.39 is 16.1 Å². The van der Waals surface area contributed by atoms with Gasteiger partial charge in [-0.05, 0) is 55.9 Å². The Morgan fingerprint density at radius 2 is 1.74 bits per heavy atom. The highest BCUT2D eigenvalue weighted by atomic mass is 32.2. The van der Waals surface area contributed by atoms with Gasteiger partial charge in [0, 0.05) is 37.6 Å². The Hall–Kier alpha value is -2.78. The fraction of sp³-hybridized carbons (Fsp3) is 0.409. The molecule has 31 heavy (non-hydrogen) atoms. The highest BCUT2D eigenvalue weighted by molar-refractivity contribution is 7.92. The van der Waals surface area contributed by atoms with Gasteiger partial charge < -0.3 is 19.9 Å². The minimum Gasteiger partial charge on any atom is -0.476 e. The number of ether oxygens (including phenoxy) is 1. The van der Waals surface area contributed by atoms with E-state index in [1.54, 1.807) is 12.1 Å². The zero-order valence-corrected chi connectivity index (χ0v) is 18.9. The van der Waals surface area contributed by atoms with Gasteiger partial charge in [0.2, 0.25) is 10.0 Å². The third-order valence-electron chi connectivity index (χ3n) is 5.68. The molecule has 1 fully saturated rings. The number of hydrogen-bond acceptors (Lipinski definition) is 6. The fourth-order valence-electron chi connectivity index (χ4n) is 3.85. The van der Waals surface area contributed by atoms with Crippen LogP contribution in [-0.2, 0) is 14.8 Å². The van der Waals surface area contributed by atoms with E-state index in [9.17, 15) is 13.2 Å². The Morgan fingerprint density at radius 1 is 1.06 bits per heavy atom. The Balaban J connectivity index is 1.46. The predicted molar refractivity (Wildman–Crippen MR) is 123 cm³/mol. The Morgan fingerprint density at radius 3 is 2.39 bits per heavy atom. The van der Waals surface area contributed by atoms with Crippen molar-refractivity contribution >= 4 is 33.0 Å². The summed E-state index contributed by atoms with van der Waals surface area (Å²) in [4.78, 5) is 17.5. The molecule has 0 bridgehead atoms. The summed E-state index contributed by atoms with van der Waals surface area (Å²) >= 11 is 0. The first-order valence-corrected chi connectivity index (χ1v) is 12.1. The van der Waals surface area contributed by atoms with E-state index in [0.717, 1.165) is 43.7 Å². The molecule has 0 saturated carbocycles. The van der Waals surface area contributed by atoms with Crippen LogP contribution in [0.15, 0.2) is 42.5 Å². The average Bonchev–Trinajstić information content (AvgIpc) is 2.73. The Bertz CT molecular complexity index is 1060. The number of hydrogen-bond donors (Lipinski definition) is 1. The zero-order chi connectivity index (χ0) is 22.2. The summed E-state index contributed by atoms with van der Waals surface area (Å²) in [6.07, 6.45) is 0.193. The molecule has 0 aliphatic carbocycles. The van der Waals surface area contributed by atoms with E-state index in [0.29, 0.717) is 17.1 Å². The van der Waals surface area contributed by atoms with E-state index >= 15 is 0 Å². The second kappa shape index (κ2) is 8.39. The molecule has 0 aromatic heterocycles. The molecule has 2 aromatic rings. The van der Waals surface area contributed by atoms with Crippen molar-refractivity contribution in [3.63, 3.8) is 0 Å². The molecule has 0 radical (unpaired) electrons. The molecular weight excluding hydrogens is 416 g/mol. The lowest BCUT2D eigenvalue weighted by Crippen LogP contribution is -2.48. The van der Waals surface area contributed by atoms with Crippen molar-refractivity contribution in [3.05, 3.63) is 48.0 Å². The van der Waals surface area contributed by atoms with Crippen molar-refractivity contribution < 1.29 is 17.9 Å². The van der Waals surface area contributed by atoms with Crippen molar-refractivity contribution in [2.45, 2.75) is 13.0 Å². The summed E-state index contributed by atoms with van der Waals surface area (Å²) < 4.78 is 31.7. The molecule has 0 spiro atoms. The van der Waals surface area contributed by atoms with Gasteiger partial charge in [0.25, 0.3) is 5.91 Å². The maximum Gasteiger partial charge on any atom is 0.267 e. The summed E-state index contributed by atoms with van der Waals surface area (Å²) in [6.45, 7) is 5.80. The van der Waals surface area contributed by atoms with Gasteiger partial charge in [0.05, 0.1) is 18.5 Å². The number of benzene rings is 2. The number of anilines is 3. The lowest BCUT2D eigenvalue weighted by atomic mass is 10.1. The van der Waals surface area contributed by atoms with Crippen molar-refractivity contribution in [2.24, 2.45) is 0 Å². The first-order valence-electron chi connectivity index (χ1n) is 10.3. The van der Waals surface area contributed by atoms with Crippen LogP contribution in [0.4, 0.5) is 17.1 Å². The molecule has 9 heteroatoms. The average molecular weight is 445 g/mol. The van der Waals surface area contributed by atoms with Gasteiger partial charge in [-0.25, -0.2) is 8.42 Å². The van der Waals surface area contributed by atoms with Gasteiger partial charge >= 0.3 is 0 Å². The number of rotatable bonds is 4. The number of amides is 1. The zero-order valence-electron chi connectivity index (χ0n) is 18.0. The number of sulfonamides is 1. The SMILES string of the molecule is Cc1ccc2c(c1)N(S(C)(=O)=O)C[C@@H](C(=O)Nc1ccc(N3CCN(C)CC3)cc1)O2.